The number of anilines is 1. The Morgan fingerprint density at radius 3 is 2.62 bits per heavy atom. The van der Waals surface area contributed by atoms with Gasteiger partial charge in [-0.25, -0.2) is 5.84 Å². The van der Waals surface area contributed by atoms with Gasteiger partial charge in [0.15, 0.2) is 0 Å². The van der Waals surface area contributed by atoms with Gasteiger partial charge in [-0.15, -0.1) is 0 Å². The van der Waals surface area contributed by atoms with Gasteiger partial charge in [-0.05, 0) is 41.9 Å². The summed E-state index contributed by atoms with van der Waals surface area (Å²) in [5, 5.41) is 3.63. The number of nitrogens with one attached hydrogen (secondary N) is 2. The number of hydrogen-bond donors (Lipinski definition) is 3. The van der Waals surface area contributed by atoms with E-state index < -0.39 is 0 Å². The average Bonchev–Trinajstić information content (AvgIpc) is 2.20. The Balaban J connectivity index is 3.26. The first kappa shape index (κ1) is 13.3. The molecule has 0 aliphatic heterocycles. The molecule has 0 saturated carbocycles. The number of halogens is 2. The van der Waals surface area contributed by atoms with Crippen LogP contribution in [-0.4, -0.2) is 11.9 Å². The summed E-state index contributed by atoms with van der Waals surface area (Å²) < 4.78 is 0.729. The highest BCUT2D eigenvalue weighted by molar-refractivity contribution is 9.10. The van der Waals surface area contributed by atoms with E-state index in [0.29, 0.717) is 16.3 Å². The highest BCUT2D eigenvalue weighted by Crippen LogP contribution is 2.31. The van der Waals surface area contributed by atoms with Gasteiger partial charge in [0.1, 0.15) is 0 Å². The molecule has 1 rings (SSSR count). The van der Waals surface area contributed by atoms with Crippen molar-refractivity contribution in [2.75, 3.05) is 5.32 Å². The lowest BCUT2D eigenvalue weighted by Crippen LogP contribution is -2.31. The molecule has 88 valence electrons. The van der Waals surface area contributed by atoms with Crippen molar-refractivity contribution in [1.29, 1.82) is 0 Å². The SMILES string of the molecule is CC(C)Nc1c(Br)cc(Cl)cc1C(=O)NN. The molecule has 4 nitrogen and oxygen atoms in total. The minimum Gasteiger partial charge on any atom is -0.381 e. The normalized spacial score (nSPS) is 10.4. The van der Waals surface area contributed by atoms with Gasteiger partial charge < -0.3 is 5.32 Å². The molecular weight excluding hydrogens is 293 g/mol. The summed E-state index contributed by atoms with van der Waals surface area (Å²) in [5.74, 6) is 4.74. The van der Waals surface area contributed by atoms with Gasteiger partial charge in [0, 0.05) is 15.5 Å². The number of rotatable bonds is 3. The van der Waals surface area contributed by atoms with Gasteiger partial charge in [-0.3, -0.25) is 10.2 Å². The molecule has 0 spiro atoms. The first-order valence-electron chi connectivity index (χ1n) is 4.72. The predicted octanol–water partition coefficient (Wildman–Crippen LogP) is 2.53. The number of nitrogen functional groups attached to an aromatic ring is 1. The van der Waals surface area contributed by atoms with Crippen molar-refractivity contribution in [3.63, 3.8) is 0 Å². The maximum Gasteiger partial charge on any atom is 0.267 e. The minimum absolute atomic E-state index is 0.196. The molecule has 0 radical (unpaired) electrons. The Kier molecular flexibility index (Phi) is 4.58. The van der Waals surface area contributed by atoms with Crippen LogP contribution in [0, 0.1) is 0 Å². The van der Waals surface area contributed by atoms with E-state index in [9.17, 15) is 4.79 Å². The second-order valence-electron chi connectivity index (χ2n) is 3.58. The summed E-state index contributed by atoms with van der Waals surface area (Å²) in [7, 11) is 0. The van der Waals surface area contributed by atoms with Crippen molar-refractivity contribution in [3.8, 4) is 0 Å². The summed E-state index contributed by atoms with van der Waals surface area (Å²) >= 11 is 9.24. The Hall–Kier alpha value is -0.780. The van der Waals surface area contributed by atoms with Crippen molar-refractivity contribution in [3.05, 3.63) is 27.2 Å². The Morgan fingerprint density at radius 1 is 1.50 bits per heavy atom. The Bertz CT molecular complexity index is 409. The number of carbonyl (C=O) groups excluding carboxylic acids is 1. The van der Waals surface area contributed by atoms with Crippen LogP contribution >= 0.6 is 27.5 Å². The molecule has 1 aromatic rings. The molecule has 1 aromatic carbocycles. The van der Waals surface area contributed by atoms with Crippen LogP contribution in [0.5, 0.6) is 0 Å². The third-order valence-electron chi connectivity index (χ3n) is 1.86. The lowest BCUT2D eigenvalue weighted by atomic mass is 10.1. The molecule has 0 aliphatic carbocycles. The monoisotopic (exact) mass is 305 g/mol. The number of hydrogen-bond acceptors (Lipinski definition) is 3. The molecular formula is C10H13BrClN3O. The molecule has 0 atom stereocenters. The van der Waals surface area contributed by atoms with Crippen molar-refractivity contribution in [2.24, 2.45) is 5.84 Å². The van der Waals surface area contributed by atoms with Crippen LogP contribution < -0.4 is 16.6 Å². The van der Waals surface area contributed by atoms with E-state index in [0.717, 1.165) is 4.47 Å². The topological polar surface area (TPSA) is 67.2 Å². The van der Waals surface area contributed by atoms with Gasteiger partial charge in [-0.1, -0.05) is 11.6 Å². The van der Waals surface area contributed by atoms with E-state index in [1.165, 1.54) is 0 Å². The number of nitrogens with two attached hydrogens (primary N) is 1. The van der Waals surface area contributed by atoms with Crippen LogP contribution in [0.3, 0.4) is 0 Å². The molecule has 0 bridgehead atoms. The zero-order valence-electron chi connectivity index (χ0n) is 8.97. The van der Waals surface area contributed by atoms with Gasteiger partial charge in [-0.2, -0.15) is 0 Å². The Morgan fingerprint density at radius 2 is 2.12 bits per heavy atom. The van der Waals surface area contributed by atoms with Crippen molar-refractivity contribution in [2.45, 2.75) is 19.9 Å². The van der Waals surface area contributed by atoms with Crippen molar-refractivity contribution in [1.82, 2.24) is 5.43 Å². The van der Waals surface area contributed by atoms with Crippen LogP contribution in [0.2, 0.25) is 5.02 Å². The summed E-state index contributed by atoms with van der Waals surface area (Å²) in [4.78, 5) is 11.6. The number of hydrazine groups is 1. The fourth-order valence-corrected chi connectivity index (χ4v) is 2.19. The molecule has 0 aromatic heterocycles. The third kappa shape index (κ3) is 3.10. The summed E-state index contributed by atoms with van der Waals surface area (Å²) in [6.45, 7) is 3.95. The number of amides is 1. The van der Waals surface area contributed by atoms with E-state index in [-0.39, 0.29) is 11.9 Å². The molecule has 0 unspecified atom stereocenters. The van der Waals surface area contributed by atoms with Crippen LogP contribution in [0.1, 0.15) is 24.2 Å². The second-order valence-corrected chi connectivity index (χ2v) is 4.87. The number of carbonyl (C=O) groups is 1. The van der Waals surface area contributed by atoms with E-state index in [1.54, 1.807) is 12.1 Å². The zero-order valence-corrected chi connectivity index (χ0v) is 11.3. The highest BCUT2D eigenvalue weighted by atomic mass is 79.9. The van der Waals surface area contributed by atoms with Crippen molar-refractivity contribution < 1.29 is 4.79 Å². The van der Waals surface area contributed by atoms with Gasteiger partial charge in [0.2, 0.25) is 0 Å². The maximum absolute atomic E-state index is 11.6. The predicted molar refractivity (Wildman–Crippen MR) is 69.6 cm³/mol. The van der Waals surface area contributed by atoms with Crippen LogP contribution in [0.15, 0.2) is 16.6 Å². The van der Waals surface area contributed by atoms with E-state index >= 15 is 0 Å². The smallest absolute Gasteiger partial charge is 0.267 e. The van der Waals surface area contributed by atoms with Gasteiger partial charge in [0.25, 0.3) is 5.91 Å². The lowest BCUT2D eigenvalue weighted by molar-refractivity contribution is 0.0954. The lowest BCUT2D eigenvalue weighted by Gasteiger charge is -2.16. The average molecular weight is 307 g/mol. The Labute approximate surface area is 108 Å². The molecule has 4 N–H and O–H groups in total. The summed E-state index contributed by atoms with van der Waals surface area (Å²) in [6, 6.07) is 3.49. The molecule has 0 heterocycles. The fourth-order valence-electron chi connectivity index (χ4n) is 1.27. The summed E-state index contributed by atoms with van der Waals surface area (Å²) in [5.41, 5.74) is 3.19. The van der Waals surface area contributed by atoms with Crippen LogP contribution in [-0.2, 0) is 0 Å². The second kappa shape index (κ2) is 5.52. The first-order chi connectivity index (χ1) is 7.45. The quantitative estimate of drug-likeness (QED) is 0.457. The fraction of sp³-hybridized carbons (Fsp3) is 0.300. The maximum atomic E-state index is 11.6. The van der Waals surface area contributed by atoms with Gasteiger partial charge >= 0.3 is 0 Å². The molecule has 1 amide bonds. The standard InChI is InChI=1S/C10H13BrClN3O/c1-5(2)14-9-7(10(16)15-13)3-6(12)4-8(9)11/h3-5,14H,13H2,1-2H3,(H,15,16). The molecule has 0 saturated heterocycles. The third-order valence-corrected chi connectivity index (χ3v) is 2.71. The number of benzene rings is 1. The van der Waals surface area contributed by atoms with Crippen LogP contribution in [0.25, 0.3) is 0 Å². The van der Waals surface area contributed by atoms with E-state index in [2.05, 4.69) is 26.7 Å². The largest absolute Gasteiger partial charge is 0.381 e. The molecule has 0 fully saturated rings. The highest BCUT2D eigenvalue weighted by Gasteiger charge is 2.15. The van der Waals surface area contributed by atoms with Crippen LogP contribution in [0.4, 0.5) is 5.69 Å². The van der Waals surface area contributed by atoms with Crippen molar-refractivity contribution >= 4 is 39.1 Å². The zero-order chi connectivity index (χ0) is 12.3. The minimum atomic E-state index is -0.383. The van der Waals surface area contributed by atoms with E-state index in [4.69, 9.17) is 17.4 Å². The molecule has 16 heavy (non-hydrogen) atoms. The molecule has 6 heteroatoms. The van der Waals surface area contributed by atoms with Gasteiger partial charge in [0.05, 0.1) is 11.3 Å². The van der Waals surface area contributed by atoms with E-state index in [1.807, 2.05) is 13.8 Å². The first-order valence-corrected chi connectivity index (χ1v) is 5.89. The molecule has 0 aliphatic rings. The summed E-state index contributed by atoms with van der Waals surface area (Å²) in [6.07, 6.45) is 0.